The lowest BCUT2D eigenvalue weighted by Gasteiger charge is -2.09. The van der Waals surface area contributed by atoms with Crippen molar-refractivity contribution in [1.82, 2.24) is 9.78 Å². The van der Waals surface area contributed by atoms with Crippen LogP contribution in [0.3, 0.4) is 0 Å². The molecule has 0 spiro atoms. The van der Waals surface area contributed by atoms with Crippen molar-refractivity contribution in [2.24, 2.45) is 0 Å². The molecule has 1 aromatic heterocycles. The summed E-state index contributed by atoms with van der Waals surface area (Å²) in [5.74, 6) is 0.168. The maximum Gasteiger partial charge on any atom is 0.276 e. The smallest absolute Gasteiger partial charge is 0.276 e. The van der Waals surface area contributed by atoms with Crippen molar-refractivity contribution >= 4 is 27.5 Å². The summed E-state index contributed by atoms with van der Waals surface area (Å²) < 4.78 is 21.6. The molecule has 27 heavy (non-hydrogen) atoms. The highest BCUT2D eigenvalue weighted by Crippen LogP contribution is 2.20. The van der Waals surface area contributed by atoms with Crippen LogP contribution in [0.5, 0.6) is 5.75 Å². The van der Waals surface area contributed by atoms with E-state index in [9.17, 15) is 9.18 Å². The van der Waals surface area contributed by atoms with Gasteiger partial charge < -0.3 is 10.1 Å². The summed E-state index contributed by atoms with van der Waals surface area (Å²) in [5.41, 5.74) is 1.51. The van der Waals surface area contributed by atoms with Gasteiger partial charge >= 0.3 is 0 Å². The highest BCUT2D eigenvalue weighted by Gasteiger charge is 2.12. The van der Waals surface area contributed by atoms with Crippen LogP contribution >= 0.6 is 15.9 Å². The van der Waals surface area contributed by atoms with E-state index in [2.05, 4.69) is 40.2 Å². The van der Waals surface area contributed by atoms with Gasteiger partial charge in [0.15, 0.2) is 12.4 Å². The fraction of sp³-hybridized carbons (Fsp3) is 0.200. The van der Waals surface area contributed by atoms with Gasteiger partial charge in [0.25, 0.3) is 5.91 Å². The lowest BCUT2D eigenvalue weighted by molar-refractivity contribution is 0.101. The second-order valence-electron chi connectivity index (χ2n) is 6.32. The number of hydrogen-bond acceptors (Lipinski definition) is 3. The summed E-state index contributed by atoms with van der Waals surface area (Å²) in [4.78, 5) is 12.2. The van der Waals surface area contributed by atoms with Gasteiger partial charge in [-0.1, -0.05) is 41.9 Å². The molecule has 0 fully saturated rings. The first-order valence-electron chi connectivity index (χ1n) is 8.45. The van der Waals surface area contributed by atoms with Crippen LogP contribution in [0.25, 0.3) is 0 Å². The van der Waals surface area contributed by atoms with Crippen molar-refractivity contribution in [2.75, 3.05) is 5.32 Å². The molecule has 0 atom stereocenters. The number of halogens is 2. The highest BCUT2D eigenvalue weighted by molar-refractivity contribution is 9.10. The molecule has 140 valence electrons. The van der Waals surface area contributed by atoms with Crippen molar-refractivity contribution < 1.29 is 13.9 Å². The number of amides is 1. The monoisotopic (exact) mass is 431 g/mol. The van der Waals surface area contributed by atoms with Crippen LogP contribution < -0.4 is 10.1 Å². The van der Waals surface area contributed by atoms with Crippen LogP contribution in [-0.2, 0) is 6.73 Å². The molecule has 0 radical (unpaired) electrons. The summed E-state index contributed by atoms with van der Waals surface area (Å²) in [6, 6.07) is 13.8. The Bertz CT molecular complexity index is 939. The normalized spacial score (nSPS) is 10.9. The molecule has 0 aliphatic rings. The van der Waals surface area contributed by atoms with E-state index in [0.29, 0.717) is 10.4 Å². The van der Waals surface area contributed by atoms with E-state index in [-0.39, 0.29) is 18.1 Å². The fourth-order valence-electron chi connectivity index (χ4n) is 2.42. The SMILES string of the molecule is CC(C)c1ccc(OCn2ccc(C(=O)Nc3ccc(Br)cc3F)n2)cc1. The molecule has 0 aliphatic heterocycles. The van der Waals surface area contributed by atoms with Gasteiger partial charge in [-0.3, -0.25) is 4.79 Å². The third-order valence-electron chi connectivity index (χ3n) is 3.96. The zero-order valence-electron chi connectivity index (χ0n) is 14.9. The van der Waals surface area contributed by atoms with E-state index in [1.807, 2.05) is 24.3 Å². The fourth-order valence-corrected chi connectivity index (χ4v) is 2.75. The molecule has 1 amide bonds. The molecule has 7 heteroatoms. The minimum atomic E-state index is -0.523. The Labute approximate surface area is 165 Å². The molecule has 3 rings (SSSR count). The molecular weight excluding hydrogens is 413 g/mol. The molecule has 5 nitrogen and oxygen atoms in total. The summed E-state index contributed by atoms with van der Waals surface area (Å²) in [6.45, 7) is 4.43. The number of carbonyl (C=O) groups is 1. The number of aromatic nitrogens is 2. The Hall–Kier alpha value is -2.67. The van der Waals surface area contributed by atoms with Gasteiger partial charge in [0.2, 0.25) is 0 Å². The lowest BCUT2D eigenvalue weighted by Crippen LogP contribution is -2.15. The first kappa shape index (κ1) is 19.1. The topological polar surface area (TPSA) is 56.1 Å². The minimum absolute atomic E-state index is 0.0965. The second kappa shape index (κ2) is 8.35. The number of nitrogens with zero attached hydrogens (tertiary/aromatic N) is 2. The van der Waals surface area contributed by atoms with Gasteiger partial charge in [0.05, 0.1) is 5.69 Å². The highest BCUT2D eigenvalue weighted by atomic mass is 79.9. The summed E-state index contributed by atoms with van der Waals surface area (Å²) >= 11 is 3.18. The molecule has 0 bridgehead atoms. The van der Waals surface area contributed by atoms with Crippen LogP contribution in [0.2, 0.25) is 0 Å². The molecule has 1 heterocycles. The lowest BCUT2D eigenvalue weighted by atomic mass is 10.0. The average Bonchev–Trinajstić information content (AvgIpc) is 3.12. The van der Waals surface area contributed by atoms with E-state index in [4.69, 9.17) is 4.74 Å². The Balaban J connectivity index is 1.59. The van der Waals surface area contributed by atoms with Gasteiger partial charge in [-0.25, -0.2) is 9.07 Å². The summed E-state index contributed by atoms with van der Waals surface area (Å²) in [6.07, 6.45) is 1.63. The van der Waals surface area contributed by atoms with Crippen molar-refractivity contribution in [1.29, 1.82) is 0 Å². The predicted molar refractivity (Wildman–Crippen MR) is 105 cm³/mol. The number of anilines is 1. The predicted octanol–water partition coefficient (Wildman–Crippen LogP) is 5.20. The van der Waals surface area contributed by atoms with Gasteiger partial charge in [0.1, 0.15) is 11.6 Å². The quantitative estimate of drug-likeness (QED) is 0.583. The van der Waals surface area contributed by atoms with Crippen molar-refractivity contribution in [3.63, 3.8) is 0 Å². The second-order valence-corrected chi connectivity index (χ2v) is 7.23. The average molecular weight is 432 g/mol. The van der Waals surface area contributed by atoms with Gasteiger partial charge in [0, 0.05) is 10.7 Å². The third-order valence-corrected chi connectivity index (χ3v) is 4.46. The molecule has 0 saturated carbocycles. The molecular formula is C20H19BrFN3O2. The maximum atomic E-state index is 13.8. The number of benzene rings is 2. The number of ether oxygens (including phenoxy) is 1. The van der Waals surface area contributed by atoms with Crippen LogP contribution in [0.1, 0.15) is 35.8 Å². The van der Waals surface area contributed by atoms with Crippen molar-refractivity contribution in [3.05, 3.63) is 76.3 Å². The molecule has 0 unspecified atom stereocenters. The third kappa shape index (κ3) is 4.95. The Kier molecular flexibility index (Phi) is 5.91. The Morgan fingerprint density at radius 2 is 1.96 bits per heavy atom. The molecule has 2 aromatic carbocycles. The first-order chi connectivity index (χ1) is 12.9. The largest absolute Gasteiger partial charge is 0.471 e. The van der Waals surface area contributed by atoms with E-state index in [0.717, 1.165) is 5.75 Å². The molecule has 0 saturated heterocycles. The standard InChI is InChI=1S/C20H19BrFN3O2/c1-13(2)14-3-6-16(7-4-14)27-12-25-10-9-19(24-25)20(26)23-18-8-5-15(21)11-17(18)22/h3-11,13H,12H2,1-2H3,(H,23,26). The summed E-state index contributed by atoms with van der Waals surface area (Å²) in [5, 5.41) is 6.67. The summed E-state index contributed by atoms with van der Waals surface area (Å²) in [7, 11) is 0. The van der Waals surface area contributed by atoms with Crippen LogP contribution in [0, 0.1) is 5.82 Å². The van der Waals surface area contributed by atoms with Crippen LogP contribution in [0.15, 0.2) is 59.2 Å². The van der Waals surface area contributed by atoms with Gasteiger partial charge in [-0.15, -0.1) is 0 Å². The zero-order chi connectivity index (χ0) is 19.4. The Morgan fingerprint density at radius 1 is 1.22 bits per heavy atom. The van der Waals surface area contributed by atoms with Crippen LogP contribution in [-0.4, -0.2) is 15.7 Å². The number of nitrogens with one attached hydrogen (secondary N) is 1. The van der Waals surface area contributed by atoms with Gasteiger partial charge in [-0.2, -0.15) is 5.10 Å². The minimum Gasteiger partial charge on any atom is -0.471 e. The number of rotatable bonds is 6. The Morgan fingerprint density at radius 3 is 2.63 bits per heavy atom. The van der Waals surface area contributed by atoms with Gasteiger partial charge in [-0.05, 0) is 47.9 Å². The maximum absolute atomic E-state index is 13.8. The molecule has 3 aromatic rings. The molecule has 1 N–H and O–H groups in total. The van der Waals surface area contributed by atoms with Crippen molar-refractivity contribution in [2.45, 2.75) is 26.5 Å². The van der Waals surface area contributed by atoms with Crippen molar-refractivity contribution in [3.8, 4) is 5.75 Å². The van der Waals surface area contributed by atoms with E-state index >= 15 is 0 Å². The van der Waals surface area contributed by atoms with Crippen LogP contribution in [0.4, 0.5) is 10.1 Å². The molecule has 0 aliphatic carbocycles. The van der Waals surface area contributed by atoms with E-state index < -0.39 is 11.7 Å². The zero-order valence-corrected chi connectivity index (χ0v) is 16.5. The number of hydrogen-bond donors (Lipinski definition) is 1. The van der Waals surface area contributed by atoms with E-state index in [1.165, 1.54) is 22.4 Å². The van der Waals surface area contributed by atoms with E-state index in [1.54, 1.807) is 18.3 Å². The number of carbonyl (C=O) groups excluding carboxylic acids is 1. The first-order valence-corrected chi connectivity index (χ1v) is 9.24.